The second-order valence-electron chi connectivity index (χ2n) is 21.7. The summed E-state index contributed by atoms with van der Waals surface area (Å²) in [5.41, 5.74) is 0. The molecule has 0 aliphatic carbocycles. The lowest BCUT2D eigenvalue weighted by atomic mass is 9.76. The summed E-state index contributed by atoms with van der Waals surface area (Å²) < 4.78 is 49.1. The topological polar surface area (TPSA) is 270 Å². The van der Waals surface area contributed by atoms with Gasteiger partial charge in [-0.15, -0.1) is 0 Å². The van der Waals surface area contributed by atoms with Crippen LogP contribution in [0.2, 0.25) is 0 Å². The van der Waals surface area contributed by atoms with Gasteiger partial charge in [0.25, 0.3) is 0 Å². The number of rotatable bonds is 14. The number of ether oxygens (including phenoxy) is 8. The van der Waals surface area contributed by atoms with Gasteiger partial charge in [-0.25, -0.2) is 9.59 Å². The van der Waals surface area contributed by atoms with E-state index in [9.17, 15) is 50.4 Å². The maximum Gasteiger partial charge on any atom is 0.331 e. The molecule has 0 spiro atoms. The van der Waals surface area contributed by atoms with Crippen molar-refractivity contribution in [3.63, 3.8) is 0 Å². The lowest BCUT2D eigenvalue weighted by molar-refractivity contribution is -0.345. The molecule has 0 saturated carbocycles. The average Bonchev–Trinajstić information content (AvgIpc) is 3.31. The second kappa shape index (κ2) is 25.9. The van der Waals surface area contributed by atoms with E-state index in [1.54, 1.807) is 79.7 Å². The van der Waals surface area contributed by atoms with Crippen LogP contribution in [0.4, 0.5) is 0 Å². The van der Waals surface area contributed by atoms with Gasteiger partial charge in [0.15, 0.2) is 24.2 Å². The molecule has 0 radical (unpaired) electrons. The van der Waals surface area contributed by atoms with Crippen LogP contribution in [0.15, 0.2) is 48.6 Å². The smallest absolute Gasteiger partial charge is 0.331 e. The predicted octanol–water partition coefficient (Wildman–Crippen LogP) is 4.12. The van der Waals surface area contributed by atoms with Crippen LogP contribution in [0.25, 0.3) is 0 Å². The van der Waals surface area contributed by atoms with E-state index in [-0.39, 0.29) is 37.5 Å². The number of allylic oxidation sites excluding steroid dienone is 4. The van der Waals surface area contributed by atoms with Crippen molar-refractivity contribution in [1.82, 2.24) is 0 Å². The van der Waals surface area contributed by atoms with Crippen molar-refractivity contribution in [3.8, 4) is 0 Å². The van der Waals surface area contributed by atoms with Gasteiger partial charge in [-0.1, -0.05) is 91.8 Å². The Morgan fingerprint density at radius 2 is 0.931 bits per heavy atom. The first-order chi connectivity index (χ1) is 33.7. The Bertz CT molecular complexity index is 1710. The van der Waals surface area contributed by atoms with Gasteiger partial charge in [0.05, 0.1) is 61.0 Å². The van der Waals surface area contributed by atoms with Gasteiger partial charge < -0.3 is 78.7 Å². The molecule has 72 heavy (non-hydrogen) atoms. The van der Waals surface area contributed by atoms with Crippen LogP contribution >= 0.6 is 0 Å². The Labute approximate surface area is 426 Å². The fraction of sp³-hybridized carbons (Fsp3) is 0.815. The van der Waals surface area contributed by atoms with Gasteiger partial charge in [-0.05, 0) is 40.5 Å². The summed E-state index contributed by atoms with van der Waals surface area (Å²) in [6.45, 7) is 21.3. The van der Waals surface area contributed by atoms with Crippen molar-refractivity contribution in [2.45, 2.75) is 231 Å². The number of hydrogen-bond acceptors (Lipinski definition) is 18. The van der Waals surface area contributed by atoms with E-state index in [0.717, 1.165) is 0 Å². The molecule has 4 saturated heterocycles. The minimum absolute atomic E-state index is 0.0264. The van der Waals surface area contributed by atoms with Gasteiger partial charge >= 0.3 is 11.9 Å². The zero-order chi connectivity index (χ0) is 53.6. The van der Waals surface area contributed by atoms with Gasteiger partial charge in [0.1, 0.15) is 24.4 Å². The minimum atomic E-state index is -1.88. The third-order valence-corrected chi connectivity index (χ3v) is 16.5. The molecule has 5 aliphatic rings. The van der Waals surface area contributed by atoms with Crippen molar-refractivity contribution < 1.29 is 88.3 Å². The zero-order valence-electron chi connectivity index (χ0n) is 44.4. The Morgan fingerprint density at radius 3 is 1.25 bits per heavy atom. The summed E-state index contributed by atoms with van der Waals surface area (Å²) in [5.74, 6) is -9.84. The molecule has 5 heterocycles. The number of hydrogen-bond donors (Lipinski definition) is 8. The van der Waals surface area contributed by atoms with Crippen LogP contribution in [-0.2, 0) is 47.5 Å². The molecule has 18 heteroatoms. The van der Waals surface area contributed by atoms with E-state index in [1.165, 1.54) is 24.3 Å². The molecule has 0 aromatic rings. The maximum atomic E-state index is 13.5. The van der Waals surface area contributed by atoms with Crippen molar-refractivity contribution in [1.29, 1.82) is 0 Å². The van der Waals surface area contributed by atoms with Crippen LogP contribution in [-0.4, -0.2) is 162 Å². The lowest BCUT2D eigenvalue weighted by Crippen LogP contribution is -2.59. The molecule has 5 rings (SSSR count). The Hall–Kier alpha value is -2.66. The highest BCUT2D eigenvalue weighted by molar-refractivity contribution is 5.83. The molecule has 0 aromatic carbocycles. The monoisotopic (exact) mass is 1020 g/mol. The standard InChI is InChI=1S/C54H88O18/c1-13-37-33(9)71-53(63,25-41(37)67-45-23-39(55)49(61)35(11)65-45)31(7)47(59)29(5)51-27(3)19-15-17-22-44(58)70-52(28(4)20-16-18-21-43(57)69-51)30(6)48(60)32(8)54(64)26-42(38(14-2)34(10)72-54)68-46-24-40(56)50(62)36(12)66-46/h15-22,27-42,45-52,55-56,59-64H,13-14,23-26H2,1-12H3/b19-15+,20-16+,21-18+,22-17+/t27-,28-,29-,30-,31-,32-,33+,34+,35-,36-,37+,38+,39-,40-,41+,42+,45+,46+,47+,48+,49+,50+,51-,52-,53+,54+/m1/s1. The van der Waals surface area contributed by atoms with Crippen LogP contribution in [0.5, 0.6) is 0 Å². The fourth-order valence-electron chi connectivity index (χ4n) is 11.6. The summed E-state index contributed by atoms with van der Waals surface area (Å²) >= 11 is 0. The molecule has 0 unspecified atom stereocenters. The number of aliphatic hydroxyl groups is 8. The van der Waals surface area contributed by atoms with Crippen LogP contribution in [0.3, 0.4) is 0 Å². The van der Waals surface area contributed by atoms with Crippen LogP contribution in [0, 0.1) is 47.3 Å². The summed E-state index contributed by atoms with van der Waals surface area (Å²) in [5, 5.41) is 89.6. The van der Waals surface area contributed by atoms with Crippen molar-refractivity contribution in [2.75, 3.05) is 0 Å². The SMILES string of the molecule is CC[C@H]1[C@H](C)O[C@](O)([C@H](C)[C@@H](O)[C@@H](C)[C@@H]2OC(=O)/C=C/C=C/[C@@H](C)[C@H]([C@H](C)[C@H](O)[C@@H](C)[C@]3(O)C[C@H](O[C@H]4C[C@@H](O)[C@@H](O)[C@@H](C)O4)[C@@H](CC)[C@H](C)O3)OC(=O)/C=C/C=C/[C@H]2C)C[C@@H]1O[C@H]1C[C@@H](O)[C@@H](O)[C@@H](C)O1. The van der Waals surface area contributed by atoms with E-state index in [4.69, 9.17) is 37.9 Å². The van der Waals surface area contributed by atoms with Gasteiger partial charge in [-0.2, -0.15) is 0 Å². The molecule has 412 valence electrons. The van der Waals surface area contributed by atoms with Gasteiger partial charge in [-0.3, -0.25) is 0 Å². The largest absolute Gasteiger partial charge is 0.458 e. The fourth-order valence-corrected chi connectivity index (χ4v) is 11.6. The maximum absolute atomic E-state index is 13.5. The van der Waals surface area contributed by atoms with E-state index in [0.29, 0.717) is 12.8 Å². The number of carbonyl (C=O) groups is 2. The Morgan fingerprint density at radius 1 is 0.583 bits per heavy atom. The highest BCUT2D eigenvalue weighted by Crippen LogP contribution is 2.45. The third kappa shape index (κ3) is 14.4. The summed E-state index contributed by atoms with van der Waals surface area (Å²) in [4.78, 5) is 27.0. The molecule has 0 aromatic heterocycles. The van der Waals surface area contributed by atoms with Crippen LogP contribution in [0.1, 0.15) is 122 Å². The van der Waals surface area contributed by atoms with E-state index in [2.05, 4.69) is 0 Å². The Kier molecular flexibility index (Phi) is 21.7. The highest BCUT2D eigenvalue weighted by Gasteiger charge is 2.54. The van der Waals surface area contributed by atoms with E-state index >= 15 is 0 Å². The van der Waals surface area contributed by atoms with Gasteiger partial charge in [0, 0.05) is 85.2 Å². The van der Waals surface area contributed by atoms with Gasteiger partial charge in [0.2, 0.25) is 0 Å². The molecular formula is C54H88O18. The van der Waals surface area contributed by atoms with Crippen LogP contribution < -0.4 is 0 Å². The molecule has 18 nitrogen and oxygen atoms in total. The summed E-state index contributed by atoms with van der Waals surface area (Å²) in [6, 6.07) is 0. The average molecular weight is 1030 g/mol. The van der Waals surface area contributed by atoms with E-state index < -0.39 is 157 Å². The first-order valence-electron chi connectivity index (χ1n) is 26.4. The first-order valence-corrected chi connectivity index (χ1v) is 26.4. The molecule has 26 atom stereocenters. The second-order valence-corrected chi connectivity index (χ2v) is 21.7. The molecule has 5 aliphatic heterocycles. The third-order valence-electron chi connectivity index (χ3n) is 16.5. The number of cyclic esters (lactones) is 2. The summed E-state index contributed by atoms with van der Waals surface area (Å²) in [7, 11) is 0. The number of carbonyl (C=O) groups excluding carboxylic acids is 2. The summed E-state index contributed by atoms with van der Waals surface area (Å²) in [6.07, 6.45) is -0.317. The minimum Gasteiger partial charge on any atom is -0.458 e. The highest BCUT2D eigenvalue weighted by atomic mass is 16.7. The zero-order valence-corrected chi connectivity index (χ0v) is 44.4. The van der Waals surface area contributed by atoms with Crippen molar-refractivity contribution in [2.24, 2.45) is 47.3 Å². The molecule has 0 amide bonds. The molecule has 0 bridgehead atoms. The molecule has 8 N–H and O–H groups in total. The first kappa shape index (κ1) is 60.2. The molecule has 4 fully saturated rings. The lowest BCUT2D eigenvalue weighted by Gasteiger charge is -2.50. The number of esters is 2. The van der Waals surface area contributed by atoms with Crippen molar-refractivity contribution >= 4 is 11.9 Å². The van der Waals surface area contributed by atoms with Crippen molar-refractivity contribution in [3.05, 3.63) is 48.6 Å². The molecular weight excluding hydrogens is 937 g/mol. The Balaban J connectivity index is 1.28. The quantitative estimate of drug-likeness (QED) is 0.114. The normalized spacial score (nSPS) is 46.1. The van der Waals surface area contributed by atoms with E-state index in [1.807, 2.05) is 27.7 Å². The number of aliphatic hydroxyl groups excluding tert-OH is 6. The predicted molar refractivity (Wildman–Crippen MR) is 263 cm³/mol.